The van der Waals surface area contributed by atoms with E-state index in [1.807, 2.05) is 19.9 Å². The summed E-state index contributed by atoms with van der Waals surface area (Å²) in [5.41, 5.74) is 5.82. The first kappa shape index (κ1) is 22.9. The van der Waals surface area contributed by atoms with Gasteiger partial charge in [-0.1, -0.05) is 72.3 Å². The van der Waals surface area contributed by atoms with Gasteiger partial charge in [-0.25, -0.2) is 4.79 Å². The Morgan fingerprint density at radius 1 is 0.882 bits per heavy atom. The average Bonchev–Trinajstić information content (AvgIpc) is 2.85. The normalized spacial score (nSPS) is 15.3. The van der Waals surface area contributed by atoms with Crippen molar-refractivity contribution < 1.29 is 4.42 Å². The van der Waals surface area contributed by atoms with E-state index in [0.29, 0.717) is 12.1 Å². The molecule has 5 rings (SSSR count). The number of halogens is 1. The Morgan fingerprint density at radius 2 is 1.47 bits per heavy atom. The van der Waals surface area contributed by atoms with Crippen molar-refractivity contribution in [3.63, 3.8) is 0 Å². The molecule has 1 aliphatic rings. The fourth-order valence-corrected chi connectivity index (χ4v) is 5.33. The third-order valence-electron chi connectivity index (χ3n) is 6.86. The van der Waals surface area contributed by atoms with Crippen molar-refractivity contribution in [1.29, 1.82) is 0 Å². The molecule has 0 spiro atoms. The van der Waals surface area contributed by atoms with E-state index in [0.717, 1.165) is 53.3 Å². The molecule has 4 aromatic rings. The predicted octanol–water partition coefficient (Wildman–Crippen LogP) is 5.97. The van der Waals surface area contributed by atoms with Crippen LogP contribution in [0.4, 0.5) is 0 Å². The lowest BCUT2D eigenvalue weighted by Crippen LogP contribution is -2.47. The Morgan fingerprint density at radius 3 is 2.06 bits per heavy atom. The van der Waals surface area contributed by atoms with Crippen LogP contribution in [0.5, 0.6) is 0 Å². The molecule has 0 radical (unpaired) electrons. The highest BCUT2D eigenvalue weighted by atomic mass is 35.5. The quantitative estimate of drug-likeness (QED) is 0.335. The lowest BCUT2D eigenvalue weighted by molar-refractivity contribution is 0.105. The van der Waals surface area contributed by atoms with E-state index >= 15 is 0 Å². The Kier molecular flexibility index (Phi) is 6.55. The number of aryl methyl sites for hydroxylation is 2. The first-order valence-electron chi connectivity index (χ1n) is 11.8. The van der Waals surface area contributed by atoms with Crippen LogP contribution in [0.3, 0.4) is 0 Å². The van der Waals surface area contributed by atoms with E-state index < -0.39 is 0 Å². The van der Waals surface area contributed by atoms with Crippen molar-refractivity contribution in [2.24, 2.45) is 0 Å². The van der Waals surface area contributed by atoms with Crippen LogP contribution >= 0.6 is 11.6 Å². The minimum Gasteiger partial charge on any atom is -0.423 e. The molecule has 1 aliphatic heterocycles. The van der Waals surface area contributed by atoms with E-state index in [9.17, 15) is 4.79 Å². The molecule has 34 heavy (non-hydrogen) atoms. The maximum Gasteiger partial charge on any atom is 0.336 e. The first-order chi connectivity index (χ1) is 16.5. The molecule has 0 bridgehead atoms. The number of benzene rings is 3. The molecular formula is C29H29ClN2O2. The standard InChI is InChI=1S/C29H29ClN2O2/c1-20-17-25-27(21(2)28(20)30)24(18-26(33)34-25)19-31-13-15-32(16-14-31)29(22-9-5-3-6-10-22)23-11-7-4-8-12-23/h3-12,17-18,29H,13-16,19H2,1-2H3. The summed E-state index contributed by atoms with van der Waals surface area (Å²) in [5, 5.41) is 1.70. The van der Waals surface area contributed by atoms with Gasteiger partial charge in [0, 0.05) is 49.2 Å². The molecular weight excluding hydrogens is 444 g/mol. The molecule has 0 amide bonds. The van der Waals surface area contributed by atoms with E-state index in [2.05, 4.69) is 70.5 Å². The summed E-state index contributed by atoms with van der Waals surface area (Å²) in [6, 6.07) is 25.2. The van der Waals surface area contributed by atoms with E-state index in [4.69, 9.17) is 16.0 Å². The number of piperazine rings is 1. The van der Waals surface area contributed by atoms with Crippen LogP contribution < -0.4 is 5.63 Å². The summed E-state index contributed by atoms with van der Waals surface area (Å²) in [5.74, 6) is 0. The highest BCUT2D eigenvalue weighted by molar-refractivity contribution is 6.33. The van der Waals surface area contributed by atoms with Crippen LogP contribution in [0.15, 0.2) is 82.0 Å². The van der Waals surface area contributed by atoms with Crippen molar-refractivity contribution in [3.8, 4) is 0 Å². The third-order valence-corrected chi connectivity index (χ3v) is 7.45. The van der Waals surface area contributed by atoms with Crippen LogP contribution in [-0.4, -0.2) is 36.0 Å². The monoisotopic (exact) mass is 472 g/mol. The van der Waals surface area contributed by atoms with E-state index in [1.54, 1.807) is 6.07 Å². The number of nitrogens with zero attached hydrogens (tertiary/aromatic N) is 2. The highest BCUT2D eigenvalue weighted by Crippen LogP contribution is 2.32. The number of fused-ring (bicyclic) bond motifs is 1. The molecule has 174 valence electrons. The zero-order valence-electron chi connectivity index (χ0n) is 19.6. The lowest BCUT2D eigenvalue weighted by Gasteiger charge is -2.40. The Bertz CT molecular complexity index is 1300. The first-order valence-corrected chi connectivity index (χ1v) is 12.2. The Hall–Kier alpha value is -2.92. The second kappa shape index (κ2) is 9.75. The summed E-state index contributed by atoms with van der Waals surface area (Å²) >= 11 is 6.54. The molecule has 0 aliphatic carbocycles. The third kappa shape index (κ3) is 4.54. The van der Waals surface area contributed by atoms with Gasteiger partial charge in [0.25, 0.3) is 0 Å². The van der Waals surface area contributed by atoms with Gasteiger partial charge in [0.2, 0.25) is 0 Å². The molecule has 3 aromatic carbocycles. The van der Waals surface area contributed by atoms with Gasteiger partial charge in [0.1, 0.15) is 5.58 Å². The summed E-state index contributed by atoms with van der Waals surface area (Å²) in [6.45, 7) is 8.41. The molecule has 0 atom stereocenters. The molecule has 1 aromatic heterocycles. The molecule has 1 fully saturated rings. The van der Waals surface area contributed by atoms with Crippen molar-refractivity contribution >= 4 is 22.6 Å². The Balaban J connectivity index is 1.38. The largest absolute Gasteiger partial charge is 0.423 e. The maximum absolute atomic E-state index is 12.3. The highest BCUT2D eigenvalue weighted by Gasteiger charge is 2.27. The van der Waals surface area contributed by atoms with Gasteiger partial charge in [-0.3, -0.25) is 9.80 Å². The van der Waals surface area contributed by atoms with Gasteiger partial charge in [-0.05, 0) is 47.7 Å². The van der Waals surface area contributed by atoms with Crippen LogP contribution in [0.1, 0.15) is 33.9 Å². The predicted molar refractivity (Wildman–Crippen MR) is 139 cm³/mol. The molecule has 0 saturated carbocycles. The fraction of sp³-hybridized carbons (Fsp3) is 0.276. The van der Waals surface area contributed by atoms with Gasteiger partial charge < -0.3 is 4.42 Å². The molecule has 5 heteroatoms. The number of rotatable bonds is 5. The average molecular weight is 473 g/mol. The van der Waals surface area contributed by atoms with Crippen LogP contribution in [0.2, 0.25) is 5.02 Å². The summed E-state index contributed by atoms with van der Waals surface area (Å²) in [6.07, 6.45) is 0. The zero-order valence-corrected chi connectivity index (χ0v) is 20.4. The van der Waals surface area contributed by atoms with E-state index in [-0.39, 0.29) is 11.7 Å². The molecule has 2 heterocycles. The minimum absolute atomic E-state index is 0.234. The SMILES string of the molecule is Cc1cc2oc(=O)cc(CN3CCN(C(c4ccccc4)c4ccccc4)CC3)c2c(C)c1Cl. The van der Waals surface area contributed by atoms with Crippen LogP contribution in [0.25, 0.3) is 11.0 Å². The second-order valence-corrected chi connectivity index (χ2v) is 9.51. The topological polar surface area (TPSA) is 36.7 Å². The van der Waals surface area contributed by atoms with Crippen molar-refractivity contribution in [2.45, 2.75) is 26.4 Å². The summed E-state index contributed by atoms with van der Waals surface area (Å²) < 4.78 is 5.51. The molecule has 4 nitrogen and oxygen atoms in total. The smallest absolute Gasteiger partial charge is 0.336 e. The number of hydrogen-bond donors (Lipinski definition) is 0. The fourth-order valence-electron chi connectivity index (χ4n) is 5.18. The molecule has 0 N–H and O–H groups in total. The maximum atomic E-state index is 12.3. The minimum atomic E-state index is -0.310. The van der Waals surface area contributed by atoms with Gasteiger partial charge in [0.05, 0.1) is 6.04 Å². The van der Waals surface area contributed by atoms with Crippen molar-refractivity contribution in [1.82, 2.24) is 9.80 Å². The van der Waals surface area contributed by atoms with Crippen molar-refractivity contribution in [3.05, 3.63) is 116 Å². The lowest BCUT2D eigenvalue weighted by atomic mass is 9.96. The van der Waals surface area contributed by atoms with Gasteiger partial charge in [0.15, 0.2) is 0 Å². The van der Waals surface area contributed by atoms with Crippen LogP contribution in [-0.2, 0) is 6.54 Å². The van der Waals surface area contributed by atoms with Gasteiger partial charge >= 0.3 is 5.63 Å². The Labute approximate surface area is 205 Å². The van der Waals surface area contributed by atoms with Gasteiger partial charge in [-0.2, -0.15) is 0 Å². The molecule has 1 saturated heterocycles. The van der Waals surface area contributed by atoms with E-state index in [1.165, 1.54) is 11.1 Å². The van der Waals surface area contributed by atoms with Crippen molar-refractivity contribution in [2.75, 3.05) is 26.2 Å². The summed E-state index contributed by atoms with van der Waals surface area (Å²) in [7, 11) is 0. The van der Waals surface area contributed by atoms with Gasteiger partial charge in [-0.15, -0.1) is 0 Å². The second-order valence-electron chi connectivity index (χ2n) is 9.13. The zero-order chi connectivity index (χ0) is 23.7. The summed E-state index contributed by atoms with van der Waals surface area (Å²) in [4.78, 5) is 17.3. The number of hydrogen-bond acceptors (Lipinski definition) is 4. The molecule has 0 unspecified atom stereocenters. The van der Waals surface area contributed by atoms with Crippen LogP contribution in [0, 0.1) is 13.8 Å².